The maximum atomic E-state index is 11.0. The van der Waals surface area contributed by atoms with Crippen molar-refractivity contribution >= 4 is 49.9 Å². The van der Waals surface area contributed by atoms with Crippen LogP contribution in [0.5, 0.6) is 0 Å². The van der Waals surface area contributed by atoms with Gasteiger partial charge in [0.25, 0.3) is 0 Å². The summed E-state index contributed by atoms with van der Waals surface area (Å²) in [4.78, 5) is 21.1. The van der Waals surface area contributed by atoms with Crippen LogP contribution in [-0.2, 0) is 9.53 Å². The summed E-state index contributed by atoms with van der Waals surface area (Å²) < 4.78 is 4.05. The maximum Gasteiger partial charge on any atom is 2.00 e. The zero-order valence-electron chi connectivity index (χ0n) is 18.4. The Bertz CT molecular complexity index is 318. The van der Waals surface area contributed by atoms with Crippen LogP contribution in [0.2, 0.25) is 0 Å². The Kier molecular flexibility index (Phi) is 24.4. The SMILES string of the molecule is CCCCCCCCCCCCCCCCCCC(=O)OC(=O)O.[Ca+2].[H-].[H-]. The van der Waals surface area contributed by atoms with Crippen molar-refractivity contribution in [3.05, 3.63) is 0 Å². The predicted molar refractivity (Wildman–Crippen MR) is 106 cm³/mol. The van der Waals surface area contributed by atoms with Gasteiger partial charge in [-0.05, 0) is 6.42 Å². The van der Waals surface area contributed by atoms with Crippen molar-refractivity contribution in [2.75, 3.05) is 0 Å². The monoisotopic (exact) mass is 384 g/mol. The third-order valence-electron chi connectivity index (χ3n) is 4.44. The molecule has 146 valence electrons. The molecule has 0 unspecified atom stereocenters. The molecule has 0 fully saturated rings. The minimum atomic E-state index is -1.50. The van der Waals surface area contributed by atoms with E-state index in [4.69, 9.17) is 5.11 Å². The molecule has 5 heteroatoms. The van der Waals surface area contributed by atoms with Gasteiger partial charge < -0.3 is 12.7 Å². The van der Waals surface area contributed by atoms with Crippen LogP contribution in [0.1, 0.15) is 119 Å². The van der Waals surface area contributed by atoms with Crippen LogP contribution >= 0.6 is 0 Å². The summed E-state index contributed by atoms with van der Waals surface area (Å²) in [5.74, 6) is -0.632. The normalized spacial score (nSPS) is 10.3. The van der Waals surface area contributed by atoms with Gasteiger partial charge in [0.1, 0.15) is 0 Å². The van der Waals surface area contributed by atoms with Crippen LogP contribution in [0.4, 0.5) is 4.79 Å². The van der Waals surface area contributed by atoms with E-state index in [0.29, 0.717) is 0 Å². The first-order valence-corrected chi connectivity index (χ1v) is 10.1. The molecule has 1 N–H and O–H groups in total. The van der Waals surface area contributed by atoms with Crippen molar-refractivity contribution < 1.29 is 22.3 Å². The molecule has 0 atom stereocenters. The zero-order chi connectivity index (χ0) is 17.9. The Balaban J connectivity index is -0.000000882. The number of carbonyl (C=O) groups excluding carboxylic acids is 1. The molecule has 0 aromatic heterocycles. The van der Waals surface area contributed by atoms with Crippen molar-refractivity contribution in [1.82, 2.24) is 0 Å². The average Bonchev–Trinajstić information content (AvgIpc) is 2.53. The minimum Gasteiger partial charge on any atom is -1.00 e. The van der Waals surface area contributed by atoms with E-state index in [1.807, 2.05) is 0 Å². The van der Waals surface area contributed by atoms with E-state index in [2.05, 4.69) is 11.7 Å². The van der Waals surface area contributed by atoms with Crippen LogP contribution in [0, 0.1) is 0 Å². The molecule has 0 aliphatic rings. The second kappa shape index (κ2) is 22.2. The summed E-state index contributed by atoms with van der Waals surface area (Å²) in [6.45, 7) is 2.26. The summed E-state index contributed by atoms with van der Waals surface area (Å²) in [6.07, 6.45) is 19.2. The first-order valence-electron chi connectivity index (χ1n) is 10.1. The smallest absolute Gasteiger partial charge is 1.00 e. The Hall–Kier alpha value is 0.200. The fourth-order valence-corrected chi connectivity index (χ4v) is 2.97. The zero-order valence-corrected chi connectivity index (χ0v) is 18.6. The topological polar surface area (TPSA) is 63.6 Å². The molecule has 0 aromatic rings. The second-order valence-electron chi connectivity index (χ2n) is 6.79. The number of hydrogen-bond donors (Lipinski definition) is 1. The van der Waals surface area contributed by atoms with Crippen LogP contribution in [0.15, 0.2) is 0 Å². The molecule has 0 radical (unpaired) electrons. The van der Waals surface area contributed by atoms with Crippen LogP contribution in [0.3, 0.4) is 0 Å². The number of ether oxygens (including phenoxy) is 1. The maximum absolute atomic E-state index is 11.0. The van der Waals surface area contributed by atoms with E-state index in [1.165, 1.54) is 83.5 Å². The van der Waals surface area contributed by atoms with Crippen LogP contribution in [-0.4, -0.2) is 55.0 Å². The molecule has 0 aromatic carbocycles. The molecule has 0 aliphatic heterocycles. The molecule has 0 amide bonds. The van der Waals surface area contributed by atoms with Gasteiger partial charge in [-0.15, -0.1) is 0 Å². The van der Waals surface area contributed by atoms with Gasteiger partial charge in [-0.3, -0.25) is 4.79 Å². The predicted octanol–water partition coefficient (Wildman–Crippen LogP) is 6.70. The van der Waals surface area contributed by atoms with E-state index in [0.717, 1.165) is 19.3 Å². The Morgan fingerprint density at radius 3 is 1.32 bits per heavy atom. The van der Waals surface area contributed by atoms with Gasteiger partial charge in [0.15, 0.2) is 0 Å². The summed E-state index contributed by atoms with van der Waals surface area (Å²) in [7, 11) is 0. The second-order valence-corrected chi connectivity index (χ2v) is 6.79. The molecular formula is C20H40CaO4. The number of hydrogen-bond acceptors (Lipinski definition) is 3. The van der Waals surface area contributed by atoms with Crippen molar-refractivity contribution in [1.29, 1.82) is 0 Å². The Morgan fingerprint density at radius 2 is 1.00 bits per heavy atom. The molecule has 0 rings (SSSR count). The molecule has 0 aliphatic carbocycles. The first kappa shape index (κ1) is 27.4. The molecule has 0 bridgehead atoms. The van der Waals surface area contributed by atoms with Gasteiger partial charge in [-0.25, -0.2) is 4.79 Å². The van der Waals surface area contributed by atoms with Crippen LogP contribution in [0.25, 0.3) is 0 Å². The van der Waals surface area contributed by atoms with E-state index < -0.39 is 12.1 Å². The van der Waals surface area contributed by atoms with E-state index >= 15 is 0 Å². The van der Waals surface area contributed by atoms with E-state index in [1.54, 1.807) is 0 Å². The van der Waals surface area contributed by atoms with Crippen molar-refractivity contribution in [2.45, 2.75) is 116 Å². The number of unbranched alkanes of at least 4 members (excludes halogenated alkanes) is 15. The summed E-state index contributed by atoms with van der Waals surface area (Å²) in [5.41, 5.74) is 0. The van der Waals surface area contributed by atoms with Gasteiger partial charge in [0, 0.05) is 6.42 Å². The fourth-order valence-electron chi connectivity index (χ4n) is 2.97. The third kappa shape index (κ3) is 24.2. The van der Waals surface area contributed by atoms with E-state index in [9.17, 15) is 9.59 Å². The van der Waals surface area contributed by atoms with Gasteiger partial charge in [0.05, 0.1) is 0 Å². The van der Waals surface area contributed by atoms with Crippen molar-refractivity contribution in [2.24, 2.45) is 0 Å². The van der Waals surface area contributed by atoms with Crippen molar-refractivity contribution in [3.63, 3.8) is 0 Å². The molecule has 0 saturated carbocycles. The Labute approximate surface area is 187 Å². The number of esters is 1. The average molecular weight is 385 g/mol. The molecule has 4 nitrogen and oxygen atoms in total. The van der Waals surface area contributed by atoms with Gasteiger partial charge in [0.2, 0.25) is 0 Å². The Morgan fingerprint density at radius 1 is 0.680 bits per heavy atom. The van der Waals surface area contributed by atoms with Gasteiger partial charge >= 0.3 is 49.9 Å². The summed E-state index contributed by atoms with van der Waals surface area (Å²) in [6, 6.07) is 0. The summed E-state index contributed by atoms with van der Waals surface area (Å²) >= 11 is 0. The van der Waals surface area contributed by atoms with Crippen LogP contribution < -0.4 is 0 Å². The number of rotatable bonds is 17. The molecule has 25 heavy (non-hydrogen) atoms. The minimum absolute atomic E-state index is 0. The fraction of sp³-hybridized carbons (Fsp3) is 0.900. The van der Waals surface area contributed by atoms with E-state index in [-0.39, 0.29) is 47.0 Å². The van der Waals surface area contributed by atoms with Gasteiger partial charge in [-0.1, -0.05) is 103 Å². The molecule has 0 saturated heterocycles. The largest absolute Gasteiger partial charge is 2.00 e. The first-order chi connectivity index (χ1) is 11.7. The number of carbonyl (C=O) groups is 2. The molecule has 0 heterocycles. The van der Waals surface area contributed by atoms with Crippen molar-refractivity contribution in [3.8, 4) is 0 Å². The standard InChI is InChI=1S/C20H38O4.Ca.2H/c1-2-3-4-5-6-7-8-9-10-11-12-13-14-15-16-17-18-19(21)24-20(22)23;;;/h2-18H2,1H3,(H,22,23);;;/q;+2;2*-1. The number of carboxylic acid groups (broad SMARTS) is 1. The molecular weight excluding hydrogens is 344 g/mol. The third-order valence-corrected chi connectivity index (χ3v) is 4.44. The summed E-state index contributed by atoms with van der Waals surface area (Å²) in [5, 5.41) is 8.28. The van der Waals surface area contributed by atoms with Gasteiger partial charge in [-0.2, -0.15) is 0 Å². The quantitative estimate of drug-likeness (QED) is 0.131. The molecule has 0 spiro atoms.